The fourth-order valence-electron chi connectivity index (χ4n) is 2.38. The predicted octanol–water partition coefficient (Wildman–Crippen LogP) is 2.12. The first kappa shape index (κ1) is 12.0. The lowest BCUT2D eigenvalue weighted by atomic mass is 10.1. The van der Waals surface area contributed by atoms with Gasteiger partial charge < -0.3 is 10.3 Å². The molecule has 19 heavy (non-hydrogen) atoms. The van der Waals surface area contributed by atoms with Gasteiger partial charge in [-0.25, -0.2) is 0 Å². The van der Waals surface area contributed by atoms with Crippen molar-refractivity contribution in [2.45, 2.75) is 32.2 Å². The van der Waals surface area contributed by atoms with Crippen LogP contribution >= 0.6 is 0 Å². The molecule has 5 heteroatoms. The van der Waals surface area contributed by atoms with E-state index in [0.717, 1.165) is 23.4 Å². The van der Waals surface area contributed by atoms with Gasteiger partial charge in [-0.15, -0.1) is 0 Å². The van der Waals surface area contributed by atoms with Crippen LogP contribution in [0.2, 0.25) is 0 Å². The van der Waals surface area contributed by atoms with Crippen molar-refractivity contribution in [2.75, 3.05) is 0 Å². The molecule has 0 aromatic carbocycles. The zero-order valence-corrected chi connectivity index (χ0v) is 11.0. The van der Waals surface area contributed by atoms with Crippen LogP contribution in [0.4, 0.5) is 0 Å². The van der Waals surface area contributed by atoms with Crippen LogP contribution in [0.25, 0.3) is 11.4 Å². The molecule has 0 radical (unpaired) electrons. The van der Waals surface area contributed by atoms with Crippen molar-refractivity contribution < 1.29 is 4.52 Å². The number of aromatic nitrogens is 3. The maximum absolute atomic E-state index is 5.84. The van der Waals surface area contributed by atoms with E-state index in [0.29, 0.717) is 11.7 Å². The van der Waals surface area contributed by atoms with Crippen molar-refractivity contribution in [3.63, 3.8) is 0 Å². The Balaban J connectivity index is 1.90. The van der Waals surface area contributed by atoms with E-state index in [4.69, 9.17) is 10.3 Å². The van der Waals surface area contributed by atoms with Crippen molar-refractivity contribution in [2.24, 2.45) is 5.73 Å². The average molecular weight is 256 g/mol. The summed E-state index contributed by atoms with van der Waals surface area (Å²) in [4.78, 5) is 8.81. The van der Waals surface area contributed by atoms with Crippen molar-refractivity contribution in [1.82, 2.24) is 15.1 Å². The number of nitrogens with zero attached hydrogens (tertiary/aromatic N) is 3. The van der Waals surface area contributed by atoms with E-state index in [9.17, 15) is 0 Å². The lowest BCUT2D eigenvalue weighted by Gasteiger charge is -2.02. The maximum atomic E-state index is 5.84. The van der Waals surface area contributed by atoms with Gasteiger partial charge in [-0.3, -0.25) is 4.98 Å². The van der Waals surface area contributed by atoms with Gasteiger partial charge in [0.2, 0.25) is 11.7 Å². The third-order valence-corrected chi connectivity index (χ3v) is 3.22. The van der Waals surface area contributed by atoms with E-state index in [1.165, 1.54) is 0 Å². The minimum absolute atomic E-state index is 0.0887. The molecule has 3 rings (SSSR count). The van der Waals surface area contributed by atoms with Gasteiger partial charge in [0.25, 0.3) is 0 Å². The van der Waals surface area contributed by atoms with E-state index >= 15 is 0 Å². The Hall–Kier alpha value is -2.01. The molecule has 0 spiro atoms. The minimum Gasteiger partial charge on any atom is -0.338 e. The van der Waals surface area contributed by atoms with Crippen LogP contribution in [0.3, 0.4) is 0 Å². The molecule has 0 amide bonds. The molecule has 5 nitrogen and oxygen atoms in total. The monoisotopic (exact) mass is 256 g/mol. The van der Waals surface area contributed by atoms with Gasteiger partial charge in [-0.1, -0.05) is 17.3 Å². The number of hydrogen-bond acceptors (Lipinski definition) is 5. The lowest BCUT2D eigenvalue weighted by molar-refractivity contribution is 0.365. The van der Waals surface area contributed by atoms with Crippen LogP contribution in [0.5, 0.6) is 0 Å². The third-order valence-electron chi connectivity index (χ3n) is 3.22. The van der Waals surface area contributed by atoms with Gasteiger partial charge in [0.15, 0.2) is 0 Å². The average Bonchev–Trinajstić information content (AvgIpc) is 2.95. The maximum Gasteiger partial charge on any atom is 0.233 e. The third kappa shape index (κ3) is 2.42. The Morgan fingerprint density at radius 1 is 1.16 bits per heavy atom. The number of hydrogen-bond donors (Lipinski definition) is 1. The zero-order chi connectivity index (χ0) is 13.4. The van der Waals surface area contributed by atoms with Crippen molar-refractivity contribution in [1.29, 1.82) is 0 Å². The van der Waals surface area contributed by atoms with Crippen molar-refractivity contribution >= 4 is 0 Å². The molecule has 1 aliphatic carbocycles. The van der Waals surface area contributed by atoms with E-state index in [2.05, 4.69) is 15.1 Å². The topological polar surface area (TPSA) is 77.8 Å². The fraction of sp³-hybridized carbons (Fsp3) is 0.357. The number of rotatable bonds is 2. The Morgan fingerprint density at radius 3 is 2.53 bits per heavy atom. The van der Waals surface area contributed by atoms with Crippen LogP contribution in [0, 0.1) is 13.8 Å². The van der Waals surface area contributed by atoms with E-state index in [-0.39, 0.29) is 12.0 Å². The van der Waals surface area contributed by atoms with Crippen LogP contribution in [0.1, 0.15) is 29.6 Å². The molecule has 2 atom stereocenters. The molecule has 2 heterocycles. The second kappa shape index (κ2) is 4.59. The summed E-state index contributed by atoms with van der Waals surface area (Å²) in [6.07, 6.45) is 4.84. The highest BCUT2D eigenvalue weighted by molar-refractivity contribution is 5.55. The standard InChI is InChI=1S/C14H16N4O/c1-8-5-11(6-9(2)16-8)13-17-14(19-18-13)10-3-4-12(15)7-10/h3-6,10,12H,7,15H2,1-2H3. The summed E-state index contributed by atoms with van der Waals surface area (Å²) in [5.41, 5.74) is 8.67. The molecular weight excluding hydrogens is 240 g/mol. The second-order valence-corrected chi connectivity index (χ2v) is 4.99. The Morgan fingerprint density at radius 2 is 1.89 bits per heavy atom. The minimum atomic E-state index is 0.0887. The lowest BCUT2D eigenvalue weighted by Crippen LogP contribution is -2.14. The highest BCUT2D eigenvalue weighted by Crippen LogP contribution is 2.28. The van der Waals surface area contributed by atoms with E-state index in [1.54, 1.807) is 0 Å². The Labute approximate surface area is 111 Å². The summed E-state index contributed by atoms with van der Waals surface area (Å²) in [6, 6.07) is 4.00. The van der Waals surface area contributed by atoms with Gasteiger partial charge in [-0.05, 0) is 32.4 Å². The van der Waals surface area contributed by atoms with Gasteiger partial charge in [0, 0.05) is 23.0 Å². The predicted molar refractivity (Wildman–Crippen MR) is 71.5 cm³/mol. The quantitative estimate of drug-likeness (QED) is 0.833. The first-order valence-electron chi connectivity index (χ1n) is 6.35. The highest BCUT2D eigenvalue weighted by atomic mass is 16.5. The van der Waals surface area contributed by atoms with Gasteiger partial charge >= 0.3 is 0 Å². The summed E-state index contributed by atoms with van der Waals surface area (Å²) in [6.45, 7) is 3.91. The molecule has 0 saturated carbocycles. The number of nitrogens with two attached hydrogens (primary N) is 1. The summed E-state index contributed by atoms with van der Waals surface area (Å²) >= 11 is 0. The first-order valence-corrected chi connectivity index (χ1v) is 6.35. The summed E-state index contributed by atoms with van der Waals surface area (Å²) in [5, 5.41) is 4.05. The molecule has 0 saturated heterocycles. The summed E-state index contributed by atoms with van der Waals surface area (Å²) in [7, 11) is 0. The Bertz CT molecular complexity index is 612. The number of pyridine rings is 1. The first-order chi connectivity index (χ1) is 9.11. The molecule has 1 aliphatic rings. The van der Waals surface area contributed by atoms with Gasteiger partial charge in [0.05, 0.1) is 5.92 Å². The summed E-state index contributed by atoms with van der Waals surface area (Å²) < 4.78 is 5.34. The fourth-order valence-corrected chi connectivity index (χ4v) is 2.38. The normalized spacial score (nSPS) is 22.1. The molecule has 2 unspecified atom stereocenters. The van der Waals surface area contributed by atoms with Crippen LogP contribution in [0.15, 0.2) is 28.8 Å². The van der Waals surface area contributed by atoms with Gasteiger partial charge in [0.1, 0.15) is 0 Å². The molecule has 0 fully saturated rings. The van der Waals surface area contributed by atoms with Crippen LogP contribution in [-0.2, 0) is 0 Å². The molecular formula is C14H16N4O. The highest BCUT2D eigenvalue weighted by Gasteiger charge is 2.23. The van der Waals surface area contributed by atoms with Crippen molar-refractivity contribution in [3.8, 4) is 11.4 Å². The second-order valence-electron chi connectivity index (χ2n) is 4.99. The van der Waals surface area contributed by atoms with E-state index in [1.807, 2.05) is 38.1 Å². The number of aryl methyl sites for hydroxylation is 2. The van der Waals surface area contributed by atoms with E-state index < -0.39 is 0 Å². The molecule has 98 valence electrons. The van der Waals surface area contributed by atoms with Crippen molar-refractivity contribution in [3.05, 3.63) is 41.6 Å². The largest absolute Gasteiger partial charge is 0.338 e. The molecule has 2 N–H and O–H groups in total. The molecule has 2 aromatic rings. The molecule has 0 aliphatic heterocycles. The zero-order valence-electron chi connectivity index (χ0n) is 11.0. The number of allylic oxidation sites excluding steroid dienone is 1. The SMILES string of the molecule is Cc1cc(-c2noc(C3C=CC(N)C3)n2)cc(C)n1. The van der Waals surface area contributed by atoms with Crippen LogP contribution < -0.4 is 5.73 Å². The molecule has 2 aromatic heterocycles. The smallest absolute Gasteiger partial charge is 0.233 e. The Kier molecular flexibility index (Phi) is 2.91. The summed E-state index contributed by atoms with van der Waals surface area (Å²) in [5.74, 6) is 1.38. The van der Waals surface area contributed by atoms with Gasteiger partial charge in [-0.2, -0.15) is 4.98 Å². The van der Waals surface area contributed by atoms with Crippen LogP contribution in [-0.4, -0.2) is 21.2 Å². The molecule has 0 bridgehead atoms.